The number of rotatable bonds is 6. The lowest BCUT2D eigenvalue weighted by Crippen LogP contribution is -2.53. The van der Waals surface area contributed by atoms with Gasteiger partial charge in [0.2, 0.25) is 0 Å². The topological polar surface area (TPSA) is 24.7 Å². The molecule has 0 aliphatic heterocycles. The summed E-state index contributed by atoms with van der Waals surface area (Å²) in [7, 11) is -5.16. The second-order valence-corrected chi connectivity index (χ2v) is 32.9. The highest BCUT2D eigenvalue weighted by Gasteiger charge is 2.39. The van der Waals surface area contributed by atoms with Crippen molar-refractivity contribution in [2.24, 2.45) is 9.98 Å². The molecule has 0 heterocycles. The van der Waals surface area contributed by atoms with E-state index in [9.17, 15) is 0 Å². The number of aliphatic imine (C=N–C) groups is 2. The maximum atomic E-state index is 4.88. The van der Waals surface area contributed by atoms with Gasteiger partial charge >= 0.3 is 0 Å². The van der Waals surface area contributed by atoms with E-state index in [-0.39, 0.29) is 0 Å². The van der Waals surface area contributed by atoms with Crippen LogP contribution in [0.1, 0.15) is 0 Å². The Morgan fingerprint density at radius 2 is 0.667 bits per heavy atom. The third kappa shape index (κ3) is 7.37. The number of hydrogen-bond donors (Lipinski definition) is 0. The smallest absolute Gasteiger partial charge is 0.0885 e. The van der Waals surface area contributed by atoms with E-state index in [4.69, 9.17) is 9.98 Å². The molecule has 0 radical (unpaired) electrons. The van der Waals surface area contributed by atoms with E-state index in [1.54, 1.807) is 0 Å². The lowest BCUT2D eigenvalue weighted by atomic mass is 11.2. The van der Waals surface area contributed by atoms with E-state index in [0.717, 1.165) is 0 Å². The van der Waals surface area contributed by atoms with Gasteiger partial charge in [0.1, 0.15) is 0 Å². The van der Waals surface area contributed by atoms with Crippen LogP contribution in [-0.2, 0) is 0 Å². The first kappa shape index (κ1) is 21.2. The molecule has 0 N–H and O–H groups in total. The molecule has 0 saturated heterocycles. The van der Waals surface area contributed by atoms with E-state index < -0.39 is 32.3 Å². The van der Waals surface area contributed by atoms with Crippen LogP contribution in [0.4, 0.5) is 0 Å². The van der Waals surface area contributed by atoms with Crippen molar-refractivity contribution in [1.82, 2.24) is 0 Å². The van der Waals surface area contributed by atoms with Crippen molar-refractivity contribution in [1.29, 1.82) is 0 Å². The lowest BCUT2D eigenvalue weighted by Gasteiger charge is -2.35. The largest absolute Gasteiger partial charge is 0.229 e. The van der Waals surface area contributed by atoms with Crippen molar-refractivity contribution in [3.05, 3.63) is 0 Å². The van der Waals surface area contributed by atoms with E-state index in [1.165, 1.54) is 0 Å². The molecule has 0 fully saturated rings. The fourth-order valence-corrected chi connectivity index (χ4v) is 26.1. The Balaban J connectivity index is 5.57. The lowest BCUT2D eigenvalue weighted by molar-refractivity contribution is 1.09. The van der Waals surface area contributed by atoms with Crippen molar-refractivity contribution < 1.29 is 0 Å². The Morgan fingerprint density at radius 1 is 0.476 bits per heavy atom. The molecular weight excluding hydrogens is 321 g/mol. The molecule has 0 rings (SSSR count). The molecule has 124 valence electrons. The van der Waals surface area contributed by atoms with Gasteiger partial charge in [0.15, 0.2) is 0 Å². The van der Waals surface area contributed by atoms with Gasteiger partial charge in [0, 0.05) is 10.6 Å². The summed E-state index contributed by atoms with van der Waals surface area (Å²) in [6.45, 7) is 29.1. The highest BCUT2D eigenvalue weighted by Crippen LogP contribution is 2.23. The summed E-state index contributed by atoms with van der Waals surface area (Å²) < 4.78 is 0. The number of hydrogen-bond acceptors (Lipinski definition) is 2. The average Bonchev–Trinajstić information content (AvgIpc) is 2.07. The minimum Gasteiger partial charge on any atom is -0.229 e. The van der Waals surface area contributed by atoms with E-state index >= 15 is 0 Å². The quantitative estimate of drug-likeness (QED) is 0.448. The Kier molecular flexibility index (Phi) is 6.87. The molecule has 0 aliphatic carbocycles. The normalized spacial score (nSPS) is 14.4. The van der Waals surface area contributed by atoms with E-state index in [1.807, 2.05) is 0 Å². The summed E-state index contributed by atoms with van der Waals surface area (Å²) in [5.74, 6) is 0. The fraction of sp³-hybridized carbons (Fsp3) is 0.933. The Labute approximate surface area is 137 Å². The predicted molar refractivity (Wildman–Crippen MR) is 111 cm³/mol. The van der Waals surface area contributed by atoms with E-state index in [2.05, 4.69) is 84.6 Å². The van der Waals surface area contributed by atoms with Gasteiger partial charge in [-0.3, -0.25) is 0 Å². The first-order valence-corrected chi connectivity index (χ1v) is 22.4. The first-order valence-electron chi connectivity index (χ1n) is 8.12. The SMILES string of the molecule is C[Si](C)(C)C(N=C=NC([Si](C)(C)C)[Si](C)(C)C)[Si](C)(C)C. The van der Waals surface area contributed by atoms with Gasteiger partial charge < -0.3 is 0 Å². The molecule has 6 heteroatoms. The standard InChI is InChI=1S/C15H38N2Si4/c1-18(2,3)14(19(4,5)6)16-13-17-15(20(7,8)9)21(10,11)12/h14-15H,1-12H3. The van der Waals surface area contributed by atoms with Crippen molar-refractivity contribution in [3.8, 4) is 0 Å². The van der Waals surface area contributed by atoms with Crippen molar-refractivity contribution in [2.45, 2.75) is 89.1 Å². The van der Waals surface area contributed by atoms with Crippen LogP contribution < -0.4 is 0 Å². The summed E-state index contributed by atoms with van der Waals surface area (Å²) >= 11 is 0. The summed E-state index contributed by atoms with van der Waals surface area (Å²) in [6.07, 6.45) is 0. The van der Waals surface area contributed by atoms with Crippen molar-refractivity contribution in [2.75, 3.05) is 0 Å². The van der Waals surface area contributed by atoms with Gasteiger partial charge in [-0.15, -0.1) is 0 Å². The molecule has 0 aliphatic rings. The van der Waals surface area contributed by atoms with Crippen LogP contribution in [0.15, 0.2) is 9.98 Å². The molecule has 0 saturated carbocycles. The third-order valence-corrected chi connectivity index (χ3v) is 21.1. The van der Waals surface area contributed by atoms with Gasteiger partial charge in [-0.2, -0.15) is 0 Å². The van der Waals surface area contributed by atoms with Gasteiger partial charge in [-0.25, -0.2) is 9.98 Å². The highest BCUT2D eigenvalue weighted by atomic mass is 28.4. The molecule has 0 aromatic carbocycles. The van der Waals surface area contributed by atoms with Gasteiger partial charge in [-0.05, 0) is 0 Å². The van der Waals surface area contributed by atoms with Crippen LogP contribution in [0.3, 0.4) is 0 Å². The van der Waals surface area contributed by atoms with E-state index in [0.29, 0.717) is 10.6 Å². The molecule has 0 spiro atoms. The molecule has 0 unspecified atom stereocenters. The third-order valence-electron chi connectivity index (χ3n) is 3.65. The van der Waals surface area contributed by atoms with Crippen LogP contribution in [0.2, 0.25) is 78.6 Å². The minimum atomic E-state index is -1.29. The summed E-state index contributed by atoms with van der Waals surface area (Å²) in [6, 6.07) is 3.20. The predicted octanol–water partition coefficient (Wildman–Crippen LogP) is 5.41. The zero-order chi connectivity index (χ0) is 17.3. The zero-order valence-electron chi connectivity index (χ0n) is 16.5. The maximum Gasteiger partial charge on any atom is 0.0885 e. The maximum absolute atomic E-state index is 4.88. The van der Waals surface area contributed by atoms with Gasteiger partial charge in [0.05, 0.1) is 38.3 Å². The minimum absolute atomic E-state index is 0.512. The number of nitrogens with zero attached hydrogens (tertiary/aromatic N) is 2. The summed E-state index contributed by atoms with van der Waals surface area (Å²) in [5, 5.41) is 1.02. The molecule has 0 bridgehead atoms. The molecular formula is C15H38N2Si4. The van der Waals surface area contributed by atoms with Crippen LogP contribution >= 0.6 is 0 Å². The summed E-state index contributed by atoms with van der Waals surface area (Å²) in [4.78, 5) is 9.77. The van der Waals surface area contributed by atoms with Gasteiger partial charge in [0.25, 0.3) is 0 Å². The van der Waals surface area contributed by atoms with Crippen LogP contribution in [0, 0.1) is 0 Å². The highest BCUT2D eigenvalue weighted by molar-refractivity contribution is 6.97. The average molecular weight is 359 g/mol. The monoisotopic (exact) mass is 358 g/mol. The Bertz CT molecular complexity index is 335. The molecule has 0 aromatic heterocycles. The zero-order valence-corrected chi connectivity index (χ0v) is 20.5. The second kappa shape index (κ2) is 6.79. The fourth-order valence-electron chi connectivity index (χ4n) is 3.52. The molecule has 0 atom stereocenters. The Morgan fingerprint density at radius 3 is 0.810 bits per heavy atom. The van der Waals surface area contributed by atoms with Crippen molar-refractivity contribution >= 4 is 38.3 Å². The summed E-state index contributed by atoms with van der Waals surface area (Å²) in [5.41, 5.74) is 0. The second-order valence-electron chi connectivity index (χ2n) is 10.6. The van der Waals surface area contributed by atoms with Crippen LogP contribution in [-0.4, -0.2) is 48.9 Å². The van der Waals surface area contributed by atoms with Crippen molar-refractivity contribution in [3.63, 3.8) is 0 Å². The molecule has 0 aromatic rings. The first-order chi connectivity index (χ1) is 8.97. The molecule has 0 amide bonds. The van der Waals surface area contributed by atoms with Crippen LogP contribution in [0.25, 0.3) is 0 Å². The van der Waals surface area contributed by atoms with Crippen LogP contribution in [0.5, 0.6) is 0 Å². The Hall–Kier alpha value is 0.248. The van der Waals surface area contributed by atoms with Gasteiger partial charge in [-0.1, -0.05) is 78.6 Å². The molecule has 2 nitrogen and oxygen atoms in total. The molecule has 21 heavy (non-hydrogen) atoms.